The predicted octanol–water partition coefficient (Wildman–Crippen LogP) is 1.72. The highest BCUT2D eigenvalue weighted by molar-refractivity contribution is 5.88. The average molecular weight is 341 g/mol. The Morgan fingerprint density at radius 3 is 2.88 bits per heavy atom. The number of hydrogen-bond acceptors (Lipinski definition) is 5. The molecule has 8 heteroatoms. The van der Waals surface area contributed by atoms with E-state index in [4.69, 9.17) is 10.5 Å². The molecule has 3 heterocycles. The minimum absolute atomic E-state index is 0.0673. The van der Waals surface area contributed by atoms with E-state index in [1.807, 2.05) is 11.8 Å². The second kappa shape index (κ2) is 6.76. The third kappa shape index (κ3) is 3.23. The van der Waals surface area contributed by atoms with Gasteiger partial charge in [-0.15, -0.1) is 0 Å². The van der Waals surface area contributed by atoms with Crippen molar-refractivity contribution in [2.24, 2.45) is 0 Å². The van der Waals surface area contributed by atoms with E-state index in [0.29, 0.717) is 12.4 Å². The Labute approximate surface area is 144 Å². The molecule has 0 unspecified atom stereocenters. The van der Waals surface area contributed by atoms with Crippen LogP contribution in [0, 0.1) is 5.41 Å². The number of aromatic nitrogens is 2. The van der Waals surface area contributed by atoms with Crippen molar-refractivity contribution in [3.8, 4) is 0 Å². The van der Waals surface area contributed by atoms with Gasteiger partial charge in [0, 0.05) is 37.2 Å². The van der Waals surface area contributed by atoms with Gasteiger partial charge in [0.25, 0.3) is 0 Å². The number of carboxylic acid groups (broad SMARTS) is 1. The van der Waals surface area contributed by atoms with Gasteiger partial charge in [0.1, 0.15) is 11.3 Å². The molecule has 3 N–H and O–H groups in total. The van der Waals surface area contributed by atoms with Crippen LogP contribution in [-0.4, -0.2) is 39.7 Å². The van der Waals surface area contributed by atoms with Gasteiger partial charge in [-0.3, -0.25) is 9.98 Å². The van der Waals surface area contributed by atoms with E-state index in [2.05, 4.69) is 10.3 Å². The standard InChI is InChI=1S/C17H19N5O3/c1-2-19-17(25)22-7-5-13(9-14(22)18)21-6-3-4-11-8-12(16(23)24)10-20-15(11)21/h5,7-10,18H,2-4,6H2,1H3,(H,19,25)(H,23,24). The Balaban J connectivity index is 1.96. The van der Waals surface area contributed by atoms with Crippen molar-refractivity contribution < 1.29 is 14.7 Å². The number of rotatable bonds is 3. The molecule has 0 atom stereocenters. The molecule has 3 rings (SSSR count). The van der Waals surface area contributed by atoms with Crippen molar-refractivity contribution in [3.63, 3.8) is 0 Å². The lowest BCUT2D eigenvalue weighted by Gasteiger charge is -2.30. The molecule has 2 aromatic rings. The summed E-state index contributed by atoms with van der Waals surface area (Å²) in [5, 5.41) is 19.9. The van der Waals surface area contributed by atoms with Crippen LogP contribution in [0.2, 0.25) is 0 Å². The highest BCUT2D eigenvalue weighted by Gasteiger charge is 2.21. The number of nitrogens with zero attached hydrogens (tertiary/aromatic N) is 3. The summed E-state index contributed by atoms with van der Waals surface area (Å²) in [4.78, 5) is 29.3. The molecule has 0 fully saturated rings. The van der Waals surface area contributed by atoms with Crippen LogP contribution in [0.5, 0.6) is 0 Å². The van der Waals surface area contributed by atoms with Crippen LogP contribution in [-0.2, 0) is 6.42 Å². The zero-order valence-corrected chi connectivity index (χ0v) is 13.8. The number of nitrogens with one attached hydrogen (secondary N) is 2. The van der Waals surface area contributed by atoms with Gasteiger partial charge in [0.2, 0.25) is 0 Å². The highest BCUT2D eigenvalue weighted by atomic mass is 16.4. The molecular weight excluding hydrogens is 322 g/mol. The predicted molar refractivity (Wildman–Crippen MR) is 91.3 cm³/mol. The van der Waals surface area contributed by atoms with E-state index < -0.39 is 5.97 Å². The molecule has 0 aromatic carbocycles. The fourth-order valence-electron chi connectivity index (χ4n) is 2.90. The molecule has 1 aliphatic heterocycles. The SMILES string of the molecule is CCNC(=O)n1ccc(N2CCCc3cc(C(=O)O)cnc32)cc1=N. The Morgan fingerprint density at radius 1 is 1.40 bits per heavy atom. The smallest absolute Gasteiger partial charge is 0.337 e. The number of carbonyl (C=O) groups is 2. The van der Waals surface area contributed by atoms with E-state index >= 15 is 0 Å². The molecular formula is C17H19N5O3. The number of anilines is 2. The van der Waals surface area contributed by atoms with Crippen LogP contribution in [0.25, 0.3) is 0 Å². The monoisotopic (exact) mass is 341 g/mol. The lowest BCUT2D eigenvalue weighted by molar-refractivity contribution is 0.0696. The summed E-state index contributed by atoms with van der Waals surface area (Å²) in [6.45, 7) is 3.03. The van der Waals surface area contributed by atoms with Crippen LogP contribution in [0.1, 0.15) is 29.3 Å². The third-order valence-electron chi connectivity index (χ3n) is 4.07. The summed E-state index contributed by atoms with van der Waals surface area (Å²) in [6, 6.07) is 4.67. The lowest BCUT2D eigenvalue weighted by Crippen LogP contribution is -2.36. The van der Waals surface area contributed by atoms with Gasteiger partial charge in [0.05, 0.1) is 5.56 Å². The minimum atomic E-state index is -0.997. The average Bonchev–Trinajstić information content (AvgIpc) is 2.60. The van der Waals surface area contributed by atoms with Crippen LogP contribution in [0.3, 0.4) is 0 Å². The van der Waals surface area contributed by atoms with Crippen molar-refractivity contribution in [2.45, 2.75) is 19.8 Å². The van der Waals surface area contributed by atoms with Crippen molar-refractivity contribution in [1.82, 2.24) is 14.9 Å². The summed E-state index contributed by atoms with van der Waals surface area (Å²) in [7, 11) is 0. The highest BCUT2D eigenvalue weighted by Crippen LogP contribution is 2.31. The molecule has 8 nitrogen and oxygen atoms in total. The zero-order valence-electron chi connectivity index (χ0n) is 13.8. The molecule has 0 aliphatic carbocycles. The number of carboxylic acids is 1. The number of hydrogen-bond donors (Lipinski definition) is 3. The molecule has 0 saturated heterocycles. The molecule has 0 radical (unpaired) electrons. The van der Waals surface area contributed by atoms with Crippen LogP contribution in [0.4, 0.5) is 16.3 Å². The lowest BCUT2D eigenvalue weighted by atomic mass is 10.0. The normalized spacial score (nSPS) is 13.2. The van der Waals surface area contributed by atoms with E-state index in [-0.39, 0.29) is 17.1 Å². The van der Waals surface area contributed by atoms with E-state index in [1.54, 1.807) is 24.4 Å². The number of carbonyl (C=O) groups excluding carboxylic acids is 1. The van der Waals surface area contributed by atoms with Gasteiger partial charge in [-0.05, 0) is 37.5 Å². The summed E-state index contributed by atoms with van der Waals surface area (Å²) in [6.07, 6.45) is 4.52. The van der Waals surface area contributed by atoms with Crippen molar-refractivity contribution in [2.75, 3.05) is 18.0 Å². The largest absolute Gasteiger partial charge is 0.478 e. The molecule has 0 saturated carbocycles. The van der Waals surface area contributed by atoms with E-state index in [9.17, 15) is 9.59 Å². The van der Waals surface area contributed by atoms with Gasteiger partial charge in [0.15, 0.2) is 0 Å². The maximum Gasteiger partial charge on any atom is 0.337 e. The Bertz CT molecular complexity index is 890. The number of aryl methyl sites for hydroxylation is 1. The molecule has 1 aliphatic rings. The van der Waals surface area contributed by atoms with Crippen molar-refractivity contribution in [3.05, 3.63) is 47.2 Å². The van der Waals surface area contributed by atoms with E-state index in [1.165, 1.54) is 10.8 Å². The number of fused-ring (bicyclic) bond motifs is 1. The minimum Gasteiger partial charge on any atom is -0.478 e. The summed E-state index contributed by atoms with van der Waals surface area (Å²) < 4.78 is 1.23. The Morgan fingerprint density at radius 2 is 2.20 bits per heavy atom. The maximum atomic E-state index is 11.9. The second-order valence-electron chi connectivity index (χ2n) is 5.74. The maximum absolute atomic E-state index is 11.9. The van der Waals surface area contributed by atoms with Crippen LogP contribution < -0.4 is 15.7 Å². The molecule has 0 spiro atoms. The fraction of sp³-hybridized carbons (Fsp3) is 0.294. The third-order valence-corrected chi connectivity index (χ3v) is 4.07. The molecule has 2 aromatic heterocycles. The first-order valence-electron chi connectivity index (χ1n) is 8.06. The van der Waals surface area contributed by atoms with Gasteiger partial charge in [-0.2, -0.15) is 0 Å². The summed E-state index contributed by atoms with van der Waals surface area (Å²) >= 11 is 0. The second-order valence-corrected chi connectivity index (χ2v) is 5.74. The first-order chi connectivity index (χ1) is 12.0. The van der Waals surface area contributed by atoms with Gasteiger partial charge >= 0.3 is 12.0 Å². The number of aromatic carboxylic acids is 1. The molecule has 1 amide bonds. The zero-order chi connectivity index (χ0) is 18.0. The topological polar surface area (TPSA) is 111 Å². The van der Waals surface area contributed by atoms with E-state index in [0.717, 1.165) is 30.6 Å². The van der Waals surface area contributed by atoms with Gasteiger partial charge in [-0.1, -0.05) is 0 Å². The number of pyridine rings is 2. The first-order valence-corrected chi connectivity index (χ1v) is 8.06. The van der Waals surface area contributed by atoms with Gasteiger partial charge in [-0.25, -0.2) is 14.6 Å². The molecule has 0 bridgehead atoms. The van der Waals surface area contributed by atoms with Crippen LogP contribution in [0.15, 0.2) is 30.6 Å². The first kappa shape index (κ1) is 16.7. The van der Waals surface area contributed by atoms with Crippen LogP contribution >= 0.6 is 0 Å². The Kier molecular flexibility index (Phi) is 4.51. The quantitative estimate of drug-likeness (QED) is 0.787. The summed E-state index contributed by atoms with van der Waals surface area (Å²) in [5.41, 5.74) is 1.86. The fourth-order valence-corrected chi connectivity index (χ4v) is 2.90. The Hall–Kier alpha value is -3.16. The molecule has 25 heavy (non-hydrogen) atoms. The summed E-state index contributed by atoms with van der Waals surface area (Å²) in [5.74, 6) is -0.296. The van der Waals surface area contributed by atoms with Gasteiger partial charge < -0.3 is 15.3 Å². The number of amides is 1. The van der Waals surface area contributed by atoms with Crippen molar-refractivity contribution in [1.29, 1.82) is 5.41 Å². The van der Waals surface area contributed by atoms with Crippen molar-refractivity contribution >= 4 is 23.5 Å². The molecule has 130 valence electrons.